The van der Waals surface area contributed by atoms with E-state index < -0.39 is 10.0 Å². The van der Waals surface area contributed by atoms with E-state index in [1.165, 1.54) is 12.1 Å². The van der Waals surface area contributed by atoms with Gasteiger partial charge in [0.1, 0.15) is 5.82 Å². The van der Waals surface area contributed by atoms with Crippen molar-refractivity contribution in [2.45, 2.75) is 43.5 Å². The van der Waals surface area contributed by atoms with E-state index in [4.69, 9.17) is 0 Å². The highest BCUT2D eigenvalue weighted by Gasteiger charge is 2.31. The maximum absolute atomic E-state index is 13.1. The highest BCUT2D eigenvalue weighted by atomic mass is 32.2. The van der Waals surface area contributed by atoms with Crippen LogP contribution >= 0.6 is 0 Å². The Morgan fingerprint density at radius 3 is 2.61 bits per heavy atom. The zero-order valence-corrected chi connectivity index (χ0v) is 18.2. The minimum Gasteiger partial charge on any atom is -0.338 e. The first-order chi connectivity index (χ1) is 14.8. The largest absolute Gasteiger partial charge is 0.338 e. The summed E-state index contributed by atoms with van der Waals surface area (Å²) in [5.41, 5.74) is 1.12. The van der Waals surface area contributed by atoms with Crippen LogP contribution in [-0.2, 0) is 14.8 Å². The van der Waals surface area contributed by atoms with E-state index >= 15 is 0 Å². The van der Waals surface area contributed by atoms with Crippen LogP contribution in [0.25, 0.3) is 0 Å². The molecule has 1 saturated heterocycles. The van der Waals surface area contributed by atoms with Gasteiger partial charge in [-0.2, -0.15) is 0 Å². The summed E-state index contributed by atoms with van der Waals surface area (Å²) in [5, 5.41) is 2.83. The molecule has 0 spiro atoms. The number of anilines is 1. The van der Waals surface area contributed by atoms with Gasteiger partial charge in [-0.1, -0.05) is 12.1 Å². The van der Waals surface area contributed by atoms with Crippen LogP contribution in [0.1, 0.15) is 41.7 Å². The van der Waals surface area contributed by atoms with E-state index in [1.807, 2.05) is 19.1 Å². The first-order valence-electron chi connectivity index (χ1n) is 10.5. The smallest absolute Gasteiger partial charge is 0.253 e. The van der Waals surface area contributed by atoms with Crippen molar-refractivity contribution in [1.82, 2.24) is 14.6 Å². The number of carbonyl (C=O) groups excluding carboxylic acids is 2. The van der Waals surface area contributed by atoms with Gasteiger partial charge in [0.15, 0.2) is 0 Å². The normalized spacial score (nSPS) is 19.1. The Kier molecular flexibility index (Phi) is 6.06. The topological polar surface area (TPSA) is 108 Å². The molecule has 2 N–H and O–H groups in total. The number of nitrogens with zero attached hydrogens (tertiary/aromatic N) is 2. The Hall–Kier alpha value is -2.78. The number of hydrogen-bond acceptors (Lipinski definition) is 5. The highest BCUT2D eigenvalue weighted by Crippen LogP contribution is 2.24. The Bertz CT molecular complexity index is 1100. The number of sulfonamides is 1. The fraction of sp³-hybridized carbons (Fsp3) is 0.409. The minimum absolute atomic E-state index is 0.00591. The van der Waals surface area contributed by atoms with E-state index in [0.717, 1.165) is 18.5 Å². The molecule has 1 aromatic heterocycles. The SMILES string of the molecule is Cc1cccc(NC(=O)[C@H]2CCCN(C(=O)c3cccc(S(=O)(=O)NC4CC4)c3)C2)n1. The number of pyridine rings is 1. The van der Waals surface area contributed by atoms with E-state index in [-0.39, 0.29) is 35.2 Å². The van der Waals surface area contributed by atoms with Gasteiger partial charge >= 0.3 is 0 Å². The summed E-state index contributed by atoms with van der Waals surface area (Å²) in [7, 11) is -3.64. The fourth-order valence-electron chi connectivity index (χ4n) is 3.68. The number of likely N-dealkylation sites (tertiary alicyclic amines) is 1. The molecule has 1 saturated carbocycles. The van der Waals surface area contributed by atoms with Crippen LogP contribution in [0, 0.1) is 12.8 Å². The van der Waals surface area contributed by atoms with Crippen molar-refractivity contribution in [3.63, 3.8) is 0 Å². The Morgan fingerprint density at radius 2 is 1.87 bits per heavy atom. The molecule has 2 aliphatic rings. The molecule has 1 aliphatic carbocycles. The van der Waals surface area contributed by atoms with Crippen LogP contribution in [0.4, 0.5) is 5.82 Å². The highest BCUT2D eigenvalue weighted by molar-refractivity contribution is 7.89. The van der Waals surface area contributed by atoms with Crippen molar-refractivity contribution >= 4 is 27.7 Å². The van der Waals surface area contributed by atoms with Crippen molar-refractivity contribution in [2.24, 2.45) is 5.92 Å². The third-order valence-electron chi connectivity index (χ3n) is 5.51. The molecule has 2 aromatic rings. The summed E-state index contributed by atoms with van der Waals surface area (Å²) in [4.78, 5) is 31.8. The number of aryl methyl sites for hydroxylation is 1. The average Bonchev–Trinajstić information content (AvgIpc) is 3.57. The van der Waals surface area contributed by atoms with Gasteiger partial charge in [-0.15, -0.1) is 0 Å². The second-order valence-electron chi connectivity index (χ2n) is 8.17. The van der Waals surface area contributed by atoms with Gasteiger partial charge in [0.05, 0.1) is 10.8 Å². The first kappa shape index (κ1) is 21.5. The molecule has 0 bridgehead atoms. The Labute approximate surface area is 182 Å². The molecule has 4 rings (SSSR count). The number of benzene rings is 1. The van der Waals surface area contributed by atoms with Gasteiger partial charge in [-0.25, -0.2) is 18.1 Å². The molecular weight excluding hydrogens is 416 g/mol. The molecule has 2 fully saturated rings. The van der Waals surface area contributed by atoms with Gasteiger partial charge in [0.2, 0.25) is 15.9 Å². The van der Waals surface area contributed by atoms with Crippen LogP contribution in [0.5, 0.6) is 0 Å². The maximum atomic E-state index is 13.1. The number of aromatic nitrogens is 1. The quantitative estimate of drug-likeness (QED) is 0.714. The molecule has 8 nitrogen and oxygen atoms in total. The van der Waals surface area contributed by atoms with Crippen molar-refractivity contribution in [3.05, 3.63) is 53.7 Å². The molecule has 1 aromatic carbocycles. The van der Waals surface area contributed by atoms with Gasteiger partial charge in [0, 0.05) is 30.4 Å². The lowest BCUT2D eigenvalue weighted by Gasteiger charge is -2.32. The molecule has 1 aliphatic heterocycles. The van der Waals surface area contributed by atoms with E-state index in [9.17, 15) is 18.0 Å². The standard InChI is InChI=1S/C22H26N4O4S/c1-15-5-2-9-20(23-15)24-21(27)17-7-4-12-26(14-17)22(28)16-6-3-8-19(13-16)31(29,30)25-18-10-11-18/h2-3,5-6,8-9,13,17-18,25H,4,7,10-12,14H2,1H3,(H,23,24,27)/t17-/m0/s1. The summed E-state index contributed by atoms with van der Waals surface area (Å²) in [5.74, 6) is -0.284. The van der Waals surface area contributed by atoms with Crippen LogP contribution in [0.2, 0.25) is 0 Å². The lowest BCUT2D eigenvalue weighted by atomic mass is 9.96. The number of amides is 2. The summed E-state index contributed by atoms with van der Waals surface area (Å²) >= 11 is 0. The number of hydrogen-bond donors (Lipinski definition) is 2. The molecule has 2 heterocycles. The second-order valence-corrected chi connectivity index (χ2v) is 9.88. The molecule has 164 valence electrons. The Morgan fingerprint density at radius 1 is 1.10 bits per heavy atom. The Balaban J connectivity index is 1.44. The van der Waals surface area contributed by atoms with E-state index in [0.29, 0.717) is 30.8 Å². The van der Waals surface area contributed by atoms with Crippen LogP contribution in [0.15, 0.2) is 47.4 Å². The number of piperidine rings is 1. The third-order valence-corrected chi connectivity index (χ3v) is 7.03. The second kappa shape index (κ2) is 8.76. The molecule has 0 unspecified atom stereocenters. The zero-order valence-electron chi connectivity index (χ0n) is 17.4. The average molecular weight is 443 g/mol. The maximum Gasteiger partial charge on any atom is 0.253 e. The lowest BCUT2D eigenvalue weighted by Crippen LogP contribution is -2.43. The molecule has 9 heteroatoms. The number of rotatable bonds is 6. The molecule has 0 radical (unpaired) electrons. The fourth-order valence-corrected chi connectivity index (χ4v) is 5.03. The minimum atomic E-state index is -3.64. The zero-order chi connectivity index (χ0) is 22.0. The van der Waals surface area contributed by atoms with Crippen LogP contribution in [0.3, 0.4) is 0 Å². The lowest BCUT2D eigenvalue weighted by molar-refractivity contribution is -0.121. The van der Waals surface area contributed by atoms with Gasteiger partial charge in [0.25, 0.3) is 5.91 Å². The first-order valence-corrected chi connectivity index (χ1v) is 12.0. The van der Waals surface area contributed by atoms with Crippen molar-refractivity contribution in [3.8, 4) is 0 Å². The van der Waals surface area contributed by atoms with E-state index in [2.05, 4.69) is 15.0 Å². The van der Waals surface area contributed by atoms with Crippen molar-refractivity contribution in [1.29, 1.82) is 0 Å². The third kappa shape index (κ3) is 5.29. The summed E-state index contributed by atoms with van der Waals surface area (Å²) in [6, 6.07) is 11.5. The van der Waals surface area contributed by atoms with Crippen molar-refractivity contribution in [2.75, 3.05) is 18.4 Å². The summed E-state index contributed by atoms with van der Waals surface area (Å²) < 4.78 is 27.6. The van der Waals surface area contributed by atoms with Crippen LogP contribution in [-0.4, -0.2) is 49.2 Å². The molecule has 31 heavy (non-hydrogen) atoms. The van der Waals surface area contributed by atoms with Gasteiger partial charge in [-0.3, -0.25) is 9.59 Å². The van der Waals surface area contributed by atoms with Gasteiger partial charge in [-0.05, 0) is 62.9 Å². The predicted molar refractivity (Wildman–Crippen MR) is 116 cm³/mol. The van der Waals surface area contributed by atoms with Gasteiger partial charge < -0.3 is 10.2 Å². The van der Waals surface area contributed by atoms with E-state index in [1.54, 1.807) is 23.1 Å². The predicted octanol–water partition coefficient (Wildman–Crippen LogP) is 2.32. The van der Waals surface area contributed by atoms with Crippen molar-refractivity contribution < 1.29 is 18.0 Å². The monoisotopic (exact) mass is 442 g/mol. The molecular formula is C22H26N4O4S. The van der Waals surface area contributed by atoms with Crippen LogP contribution < -0.4 is 10.0 Å². The summed E-state index contributed by atoms with van der Waals surface area (Å²) in [6.45, 7) is 2.67. The number of nitrogens with one attached hydrogen (secondary N) is 2. The number of carbonyl (C=O) groups is 2. The molecule has 1 atom stereocenters. The molecule has 2 amide bonds. The summed E-state index contributed by atoms with van der Waals surface area (Å²) in [6.07, 6.45) is 3.06.